The molecule has 0 bridgehead atoms. The standard InChI is InChI=1S/C89H165N3O16S/c1-8-14-20-26-32-38-41-47-56-64-77(102-67-59-50-44-35-29-23-17-11-4)70-82(93)90-80(88(96)100-7)74-105-89-86(92-84(95)72-79(66-58-49-43-40-34-28-22-16-10-3)104-69-61-52-46-37-31-25-19-13-6)85(87(107-108-109(97,98)99)81(106-89)75-101-73-76-62-54-53-55-63-76)91-83(94)71-78(65-57-48-42-39-33-27-21-15-9-2)103-68-60-51-45-36-30-24-18-12-5/h53-55,62-63,77-81,85-87,89H,8-52,56-61,64-75H2,1-7H3,(H,90,93)(H,91,94)(H,92,95)(H,97,98,99)/t77-,78-,79-,80+,81-,85+,86-,87-,89-/m1/s1. The minimum atomic E-state index is -5.31. The first-order valence-corrected chi connectivity index (χ1v) is 46.6. The maximum atomic E-state index is 15.2. The van der Waals surface area contributed by atoms with Gasteiger partial charge in [0.25, 0.3) is 0 Å². The van der Waals surface area contributed by atoms with Crippen molar-refractivity contribution in [2.75, 3.05) is 40.1 Å². The van der Waals surface area contributed by atoms with Gasteiger partial charge in [-0.1, -0.05) is 384 Å². The number of hydrogen-bond acceptors (Lipinski definition) is 15. The maximum Gasteiger partial charge on any atom is 0.424 e. The van der Waals surface area contributed by atoms with E-state index in [0.717, 1.165) is 134 Å². The summed E-state index contributed by atoms with van der Waals surface area (Å²) >= 11 is 0. The lowest BCUT2D eigenvalue weighted by Crippen LogP contribution is -2.70. The first-order chi connectivity index (χ1) is 53.2. The molecule has 4 N–H and O–H groups in total. The Balaban J connectivity index is 2.77. The van der Waals surface area contributed by atoms with Crippen LogP contribution in [0.4, 0.5) is 0 Å². The lowest BCUT2D eigenvalue weighted by atomic mass is 9.93. The van der Waals surface area contributed by atoms with Crippen LogP contribution in [0.1, 0.15) is 413 Å². The second kappa shape index (κ2) is 72.4. The third-order valence-electron chi connectivity index (χ3n) is 21.4. The van der Waals surface area contributed by atoms with Gasteiger partial charge in [-0.2, -0.15) is 8.42 Å². The molecule has 3 amide bonds. The molecule has 0 radical (unpaired) electrons. The fraction of sp³-hybridized carbons (Fsp3) is 0.888. The Labute approximate surface area is 666 Å². The number of carbonyl (C=O) groups is 4. The smallest absolute Gasteiger partial charge is 0.424 e. The molecule has 1 aliphatic rings. The normalized spacial score (nSPS) is 17.1. The van der Waals surface area contributed by atoms with E-state index in [2.05, 4.69) is 57.5 Å². The molecule has 1 aromatic rings. The molecule has 0 aliphatic carbocycles. The first-order valence-electron chi connectivity index (χ1n) is 45.2. The van der Waals surface area contributed by atoms with Crippen LogP contribution in [-0.4, -0.2) is 132 Å². The van der Waals surface area contributed by atoms with Gasteiger partial charge < -0.3 is 49.1 Å². The fourth-order valence-electron chi connectivity index (χ4n) is 14.7. The number of nitrogens with one attached hydrogen (secondary N) is 3. The number of carbonyl (C=O) groups excluding carboxylic acids is 4. The van der Waals surface area contributed by atoms with Crippen LogP contribution in [0.2, 0.25) is 0 Å². The van der Waals surface area contributed by atoms with Crippen molar-refractivity contribution in [1.82, 2.24) is 16.0 Å². The van der Waals surface area contributed by atoms with Crippen LogP contribution in [0.15, 0.2) is 30.3 Å². The van der Waals surface area contributed by atoms with Gasteiger partial charge in [-0.25, -0.2) is 9.68 Å². The van der Waals surface area contributed by atoms with E-state index < -0.39 is 95.6 Å². The summed E-state index contributed by atoms with van der Waals surface area (Å²) in [6.45, 7) is 14.1. The Morgan fingerprint density at radius 3 is 1.09 bits per heavy atom. The van der Waals surface area contributed by atoms with Gasteiger partial charge in [-0.3, -0.25) is 18.9 Å². The molecule has 0 aromatic heterocycles. The van der Waals surface area contributed by atoms with Gasteiger partial charge in [0.1, 0.15) is 18.2 Å². The van der Waals surface area contributed by atoms with E-state index in [1.165, 1.54) is 206 Å². The number of amides is 3. The Morgan fingerprint density at radius 2 is 0.752 bits per heavy atom. The molecule has 0 saturated carbocycles. The van der Waals surface area contributed by atoms with Crippen molar-refractivity contribution >= 4 is 34.1 Å². The molecule has 1 heterocycles. The molecule has 20 heteroatoms. The number of benzene rings is 1. The number of ether oxygens (including phenoxy) is 7. The summed E-state index contributed by atoms with van der Waals surface area (Å²) in [6, 6.07) is 5.16. The monoisotopic (exact) mass is 1560 g/mol. The highest BCUT2D eigenvalue weighted by Gasteiger charge is 2.51. The van der Waals surface area contributed by atoms with Crippen LogP contribution in [-0.2, 0) is 78.6 Å². The van der Waals surface area contributed by atoms with Crippen LogP contribution < -0.4 is 16.0 Å². The Bertz CT molecular complexity index is 2290. The summed E-state index contributed by atoms with van der Waals surface area (Å²) in [4.78, 5) is 64.7. The minimum absolute atomic E-state index is 0.00779. The molecule has 2 rings (SSSR count). The van der Waals surface area contributed by atoms with E-state index in [1.54, 1.807) is 0 Å². The van der Waals surface area contributed by atoms with Crippen LogP contribution in [0.25, 0.3) is 0 Å². The van der Waals surface area contributed by atoms with Crippen molar-refractivity contribution in [2.24, 2.45) is 0 Å². The molecular weight excluding hydrogens is 1400 g/mol. The highest BCUT2D eigenvalue weighted by molar-refractivity contribution is 7.80. The number of methoxy groups -OCH3 is 1. The maximum absolute atomic E-state index is 15.2. The van der Waals surface area contributed by atoms with Crippen molar-refractivity contribution < 1.29 is 74.5 Å². The second-order valence-electron chi connectivity index (χ2n) is 31.6. The third-order valence-corrected chi connectivity index (χ3v) is 21.7. The molecule has 0 spiro atoms. The average molecular weight is 1570 g/mol. The van der Waals surface area contributed by atoms with Crippen molar-refractivity contribution in [3.05, 3.63) is 35.9 Å². The summed E-state index contributed by atoms with van der Waals surface area (Å²) in [5, 5.41) is 9.18. The molecule has 109 heavy (non-hydrogen) atoms. The van der Waals surface area contributed by atoms with Gasteiger partial charge in [0.05, 0.1) is 70.5 Å². The number of hydrogen-bond donors (Lipinski definition) is 4. The second-order valence-corrected chi connectivity index (χ2v) is 32.6. The predicted octanol–water partition coefficient (Wildman–Crippen LogP) is 22.2. The summed E-state index contributed by atoms with van der Waals surface area (Å²) in [5.41, 5.74) is 0.810. The topological polar surface area (TPSA) is 242 Å². The van der Waals surface area contributed by atoms with Crippen LogP contribution in [0, 0.1) is 0 Å². The summed E-state index contributed by atoms with van der Waals surface area (Å²) in [5.74, 6) is -2.21. The van der Waals surface area contributed by atoms with Crippen LogP contribution >= 0.6 is 0 Å². The predicted molar refractivity (Wildman–Crippen MR) is 442 cm³/mol. The Kier molecular flexibility index (Phi) is 67.6. The van der Waals surface area contributed by atoms with Crippen molar-refractivity contribution in [3.8, 4) is 0 Å². The van der Waals surface area contributed by atoms with Gasteiger partial charge in [0.2, 0.25) is 17.7 Å². The van der Waals surface area contributed by atoms with Gasteiger partial charge in [0.15, 0.2) is 12.3 Å². The summed E-state index contributed by atoms with van der Waals surface area (Å²) in [7, 11) is -4.08. The summed E-state index contributed by atoms with van der Waals surface area (Å²) in [6.07, 6.45) is 53.8. The fourth-order valence-corrected chi connectivity index (χ4v) is 14.9. The van der Waals surface area contributed by atoms with Crippen LogP contribution in [0.5, 0.6) is 0 Å². The molecule has 1 aromatic carbocycles. The van der Waals surface area contributed by atoms with E-state index in [-0.39, 0.29) is 32.5 Å². The summed E-state index contributed by atoms with van der Waals surface area (Å²) < 4.78 is 85.3. The van der Waals surface area contributed by atoms with Crippen LogP contribution in [0.3, 0.4) is 0 Å². The lowest BCUT2D eigenvalue weighted by Gasteiger charge is -2.46. The van der Waals surface area contributed by atoms with E-state index in [9.17, 15) is 22.6 Å². The largest absolute Gasteiger partial charge is 0.467 e. The van der Waals surface area contributed by atoms with Gasteiger partial charge in [-0.15, -0.1) is 0 Å². The molecule has 1 saturated heterocycles. The third kappa shape index (κ3) is 58.2. The molecule has 19 nitrogen and oxygen atoms in total. The zero-order valence-electron chi connectivity index (χ0n) is 70.6. The lowest BCUT2D eigenvalue weighted by molar-refractivity contribution is -0.329. The number of unbranched alkanes of at least 4 members (excludes halogenated alkanes) is 45. The Morgan fingerprint density at radius 1 is 0.431 bits per heavy atom. The number of esters is 1. The van der Waals surface area contributed by atoms with Gasteiger partial charge in [0, 0.05) is 19.8 Å². The van der Waals surface area contributed by atoms with Gasteiger partial charge >= 0.3 is 16.4 Å². The average Bonchev–Trinajstić information content (AvgIpc) is 0.782. The van der Waals surface area contributed by atoms with E-state index in [1.807, 2.05) is 30.3 Å². The zero-order chi connectivity index (χ0) is 79.2. The molecule has 0 unspecified atom stereocenters. The highest BCUT2D eigenvalue weighted by Crippen LogP contribution is 2.29. The van der Waals surface area contributed by atoms with E-state index >= 15 is 9.59 Å². The van der Waals surface area contributed by atoms with Crippen molar-refractivity contribution in [3.63, 3.8) is 0 Å². The molecule has 9 atom stereocenters. The molecule has 1 fully saturated rings. The Hall–Kier alpha value is -3.31. The first kappa shape index (κ1) is 102. The minimum Gasteiger partial charge on any atom is -0.467 e. The van der Waals surface area contributed by atoms with Crippen molar-refractivity contribution in [2.45, 2.75) is 469 Å². The SMILES string of the molecule is CCCCCCCCCCC[C@H](CC(=O)N[C@H]1[C@H](OC[C@H](NC(=O)C[C@@H](CCCCCCCCCCC)OCCCCCCCCCC)C(=O)OC)O[C@H](COCc2ccccc2)[C@@H](OOS(=O)(=O)O)[C@H]1NC(=O)C[C@@H](CCCCCCCCCCC)OCCCCCCCCCC)OCCCCCCCCCC. The molecule has 638 valence electrons. The van der Waals surface area contributed by atoms with E-state index in [4.69, 9.17) is 42.4 Å². The quantitative estimate of drug-likeness (QED) is 0.0156. The number of rotatable bonds is 80. The van der Waals surface area contributed by atoms with E-state index in [0.29, 0.717) is 39.1 Å². The molecule has 1 aliphatic heterocycles. The zero-order valence-corrected chi connectivity index (χ0v) is 71.4. The molecular formula is C89H165N3O16S. The highest BCUT2D eigenvalue weighted by atomic mass is 32.3. The van der Waals surface area contributed by atoms with Gasteiger partial charge in [-0.05, 0) is 44.1 Å². The van der Waals surface area contributed by atoms with Crippen molar-refractivity contribution in [1.29, 1.82) is 0 Å².